The van der Waals surface area contributed by atoms with E-state index in [1.54, 1.807) is 6.20 Å². The van der Waals surface area contributed by atoms with Crippen LogP contribution in [0.5, 0.6) is 0 Å². The van der Waals surface area contributed by atoms with Gasteiger partial charge in [-0.1, -0.05) is 36.4 Å². The zero-order chi connectivity index (χ0) is 15.0. The highest BCUT2D eigenvalue weighted by Crippen LogP contribution is 2.16. The molecule has 3 heteroatoms. The van der Waals surface area contributed by atoms with E-state index < -0.39 is 0 Å². The molecule has 0 bridgehead atoms. The van der Waals surface area contributed by atoms with Gasteiger partial charge < -0.3 is 9.64 Å². The van der Waals surface area contributed by atoms with Gasteiger partial charge in [0.2, 0.25) is 0 Å². The molecule has 1 fully saturated rings. The number of aromatic nitrogens is 1. The van der Waals surface area contributed by atoms with Crippen LogP contribution in [0, 0.1) is 0 Å². The summed E-state index contributed by atoms with van der Waals surface area (Å²) in [5.74, 6) is 0. The zero-order valence-electron chi connectivity index (χ0n) is 13.0. The summed E-state index contributed by atoms with van der Waals surface area (Å²) in [6, 6.07) is 14.8. The number of rotatable bonds is 6. The number of nitrogens with zero attached hydrogens (tertiary/aromatic N) is 2. The highest BCUT2D eigenvalue weighted by Gasteiger charge is 2.19. The largest absolute Gasteiger partial charge is 0.373 e. The molecule has 0 atom stereocenters. The number of likely N-dealkylation sites (tertiary alicyclic amines) is 1. The minimum atomic E-state index is 0.396. The molecule has 116 valence electrons. The second kappa shape index (κ2) is 8.06. The van der Waals surface area contributed by atoms with Crippen molar-refractivity contribution in [3.63, 3.8) is 0 Å². The van der Waals surface area contributed by atoms with Crippen molar-refractivity contribution < 1.29 is 4.74 Å². The van der Waals surface area contributed by atoms with Crippen LogP contribution in [0.1, 0.15) is 24.0 Å². The highest BCUT2D eigenvalue weighted by atomic mass is 16.5. The maximum atomic E-state index is 6.01. The molecule has 0 aliphatic carbocycles. The molecule has 0 radical (unpaired) electrons. The second-order valence-electron chi connectivity index (χ2n) is 5.95. The van der Waals surface area contributed by atoms with Crippen molar-refractivity contribution in [3.05, 3.63) is 66.0 Å². The number of hydrogen-bond acceptors (Lipinski definition) is 3. The first kappa shape index (κ1) is 15.2. The van der Waals surface area contributed by atoms with E-state index >= 15 is 0 Å². The molecular weight excluding hydrogens is 272 g/mol. The van der Waals surface area contributed by atoms with Crippen LogP contribution >= 0.6 is 0 Å². The molecule has 0 spiro atoms. The van der Waals surface area contributed by atoms with Crippen LogP contribution in [-0.2, 0) is 17.8 Å². The summed E-state index contributed by atoms with van der Waals surface area (Å²) in [7, 11) is 0. The molecule has 3 rings (SSSR count). The van der Waals surface area contributed by atoms with Gasteiger partial charge in [0.05, 0.1) is 12.7 Å². The maximum Gasteiger partial charge on any atom is 0.0735 e. The summed E-state index contributed by atoms with van der Waals surface area (Å²) < 4.78 is 6.01. The van der Waals surface area contributed by atoms with Gasteiger partial charge in [0.15, 0.2) is 0 Å². The van der Waals surface area contributed by atoms with Crippen molar-refractivity contribution >= 4 is 0 Å². The predicted molar refractivity (Wildman–Crippen MR) is 88.6 cm³/mol. The summed E-state index contributed by atoms with van der Waals surface area (Å²) in [5.41, 5.74) is 2.59. The number of benzene rings is 1. The first-order valence-corrected chi connectivity index (χ1v) is 8.17. The Hall–Kier alpha value is -1.71. The lowest BCUT2D eigenvalue weighted by Crippen LogP contribution is -2.38. The van der Waals surface area contributed by atoms with E-state index in [2.05, 4.69) is 46.3 Å². The molecule has 1 saturated heterocycles. The molecule has 1 aromatic heterocycles. The van der Waals surface area contributed by atoms with Crippen molar-refractivity contribution in [1.29, 1.82) is 0 Å². The second-order valence-corrected chi connectivity index (χ2v) is 5.95. The first-order valence-electron chi connectivity index (χ1n) is 8.17. The van der Waals surface area contributed by atoms with Crippen LogP contribution < -0.4 is 0 Å². The Morgan fingerprint density at radius 2 is 1.77 bits per heavy atom. The summed E-state index contributed by atoms with van der Waals surface area (Å²) in [4.78, 5) is 6.68. The lowest BCUT2D eigenvalue weighted by Gasteiger charge is -2.31. The molecule has 0 unspecified atom stereocenters. The van der Waals surface area contributed by atoms with Gasteiger partial charge >= 0.3 is 0 Å². The molecule has 1 aliphatic heterocycles. The molecule has 0 amide bonds. The number of pyridine rings is 1. The molecular formula is C19H24N2O. The van der Waals surface area contributed by atoms with Crippen molar-refractivity contribution in [2.75, 3.05) is 19.6 Å². The molecule has 1 aliphatic rings. The molecule has 22 heavy (non-hydrogen) atoms. The van der Waals surface area contributed by atoms with Crippen molar-refractivity contribution in [2.45, 2.75) is 32.0 Å². The van der Waals surface area contributed by atoms with E-state index in [4.69, 9.17) is 4.74 Å². The Labute approximate surface area is 132 Å². The third kappa shape index (κ3) is 4.65. The summed E-state index contributed by atoms with van der Waals surface area (Å²) in [5, 5.41) is 0. The normalized spacial score (nSPS) is 16.7. The Bertz CT molecular complexity index is 484. The van der Waals surface area contributed by atoms with E-state index in [1.807, 2.05) is 12.3 Å². The fourth-order valence-corrected chi connectivity index (χ4v) is 2.93. The SMILES string of the molecule is c1ccc(CCN2CCC(OCc3cccnc3)CC2)cc1. The third-order valence-electron chi connectivity index (χ3n) is 4.30. The van der Waals surface area contributed by atoms with Crippen LogP contribution in [0.2, 0.25) is 0 Å². The van der Waals surface area contributed by atoms with Crippen LogP contribution in [0.3, 0.4) is 0 Å². The maximum absolute atomic E-state index is 6.01. The molecule has 0 saturated carbocycles. The van der Waals surface area contributed by atoms with Crippen LogP contribution in [-0.4, -0.2) is 35.6 Å². The van der Waals surface area contributed by atoms with Crippen molar-refractivity contribution in [2.24, 2.45) is 0 Å². The molecule has 2 aromatic rings. The minimum Gasteiger partial charge on any atom is -0.373 e. The average molecular weight is 296 g/mol. The zero-order valence-corrected chi connectivity index (χ0v) is 13.0. The Kier molecular flexibility index (Phi) is 5.57. The van der Waals surface area contributed by atoms with Gasteiger partial charge in [-0.3, -0.25) is 4.98 Å². The summed E-state index contributed by atoms with van der Waals surface area (Å²) >= 11 is 0. The number of ether oxygens (including phenoxy) is 1. The molecule has 2 heterocycles. The summed E-state index contributed by atoms with van der Waals surface area (Å²) in [6.07, 6.45) is 7.49. The highest BCUT2D eigenvalue weighted by molar-refractivity contribution is 5.14. The fraction of sp³-hybridized carbons (Fsp3) is 0.421. The topological polar surface area (TPSA) is 25.4 Å². The van der Waals surface area contributed by atoms with Crippen molar-refractivity contribution in [1.82, 2.24) is 9.88 Å². The van der Waals surface area contributed by atoms with Gasteiger partial charge in [-0.15, -0.1) is 0 Å². The minimum absolute atomic E-state index is 0.396. The van der Waals surface area contributed by atoms with Gasteiger partial charge in [-0.2, -0.15) is 0 Å². The van der Waals surface area contributed by atoms with Gasteiger partial charge in [-0.25, -0.2) is 0 Å². The van der Waals surface area contributed by atoms with Crippen molar-refractivity contribution in [3.8, 4) is 0 Å². The number of piperidine rings is 1. The van der Waals surface area contributed by atoms with Gasteiger partial charge in [0, 0.05) is 32.0 Å². The van der Waals surface area contributed by atoms with Gasteiger partial charge in [-0.05, 0) is 36.5 Å². The van der Waals surface area contributed by atoms with Gasteiger partial charge in [0.1, 0.15) is 0 Å². The smallest absolute Gasteiger partial charge is 0.0735 e. The van der Waals surface area contributed by atoms with Crippen LogP contribution in [0.15, 0.2) is 54.9 Å². The van der Waals surface area contributed by atoms with E-state index in [0.29, 0.717) is 12.7 Å². The van der Waals surface area contributed by atoms with E-state index in [0.717, 1.165) is 44.5 Å². The number of hydrogen-bond donors (Lipinski definition) is 0. The lowest BCUT2D eigenvalue weighted by atomic mass is 10.1. The van der Waals surface area contributed by atoms with E-state index in [-0.39, 0.29) is 0 Å². The lowest BCUT2D eigenvalue weighted by molar-refractivity contribution is -0.00228. The Morgan fingerprint density at radius 3 is 2.50 bits per heavy atom. The summed E-state index contributed by atoms with van der Waals surface area (Å²) in [6.45, 7) is 4.12. The molecule has 0 N–H and O–H groups in total. The van der Waals surface area contributed by atoms with Crippen LogP contribution in [0.25, 0.3) is 0 Å². The van der Waals surface area contributed by atoms with E-state index in [1.165, 1.54) is 5.56 Å². The first-order chi connectivity index (χ1) is 10.9. The van der Waals surface area contributed by atoms with Gasteiger partial charge in [0.25, 0.3) is 0 Å². The molecule has 3 nitrogen and oxygen atoms in total. The average Bonchev–Trinajstić information content (AvgIpc) is 2.61. The van der Waals surface area contributed by atoms with E-state index in [9.17, 15) is 0 Å². The monoisotopic (exact) mass is 296 g/mol. The standard InChI is InChI=1S/C19H24N2O/c1-2-5-17(6-3-1)8-12-21-13-9-19(10-14-21)22-16-18-7-4-11-20-15-18/h1-7,11,15,19H,8-10,12-14,16H2. The third-order valence-corrected chi connectivity index (χ3v) is 4.30. The quantitative estimate of drug-likeness (QED) is 0.818. The Morgan fingerprint density at radius 1 is 1.00 bits per heavy atom. The molecule has 1 aromatic carbocycles. The predicted octanol–water partition coefficient (Wildman–Crippen LogP) is 3.31. The Balaban J connectivity index is 1.35. The fourth-order valence-electron chi connectivity index (χ4n) is 2.93. The van der Waals surface area contributed by atoms with Crippen LogP contribution in [0.4, 0.5) is 0 Å².